The molecule has 0 spiro atoms. The molecule has 2 N–H and O–H groups in total. The molecule has 1 aliphatic rings. The zero-order valence-electron chi connectivity index (χ0n) is 20.1. The van der Waals surface area contributed by atoms with Gasteiger partial charge < -0.3 is 15.1 Å². The van der Waals surface area contributed by atoms with Crippen LogP contribution in [0.5, 0.6) is 11.8 Å². The maximum Gasteiger partial charge on any atom is 0.223 e. The second kappa shape index (κ2) is 8.25. The minimum absolute atomic E-state index is 0.0284. The van der Waals surface area contributed by atoms with Gasteiger partial charge in [0.05, 0.1) is 11.7 Å². The number of amides is 1. The average molecular weight is 427 g/mol. The highest BCUT2D eigenvalue weighted by molar-refractivity contribution is 5.79. The van der Waals surface area contributed by atoms with Crippen molar-refractivity contribution in [3.05, 3.63) is 41.0 Å². The fraction of sp³-hybridized carbons (Fsp3) is 0.577. The standard InChI is InChI=1S/C26H38N2O3/c1-8-17-11-13-18(14-12-17)28-23(30)21(22(24(28)31)26(5,6)7)19(16-25(2,3)4)27-15-9-10-20(27)29/h11-14,19,30-31H,8-10,15-16H2,1-7H3. The number of aromatic hydroxyl groups is 2. The van der Waals surface area contributed by atoms with Gasteiger partial charge in [0.2, 0.25) is 17.7 Å². The Bertz CT molecular complexity index is 943. The summed E-state index contributed by atoms with van der Waals surface area (Å²) >= 11 is 0. The van der Waals surface area contributed by atoms with Gasteiger partial charge in [-0.2, -0.15) is 0 Å². The number of hydrogen-bond donors (Lipinski definition) is 2. The van der Waals surface area contributed by atoms with Crippen LogP contribution in [0.2, 0.25) is 0 Å². The molecule has 5 heteroatoms. The van der Waals surface area contributed by atoms with Crippen molar-refractivity contribution in [2.45, 2.75) is 85.6 Å². The predicted octanol–water partition coefficient (Wildman–Crippen LogP) is 5.85. The van der Waals surface area contributed by atoms with Crippen molar-refractivity contribution in [3.8, 4) is 17.4 Å². The maximum absolute atomic E-state index is 12.8. The van der Waals surface area contributed by atoms with Crippen molar-refractivity contribution >= 4 is 5.91 Å². The number of carbonyl (C=O) groups is 1. The number of carbonyl (C=O) groups excluding carboxylic acids is 1. The van der Waals surface area contributed by atoms with Gasteiger partial charge in [0.1, 0.15) is 0 Å². The maximum atomic E-state index is 12.8. The van der Waals surface area contributed by atoms with E-state index in [0.717, 1.165) is 12.8 Å². The molecule has 1 amide bonds. The fourth-order valence-corrected chi connectivity index (χ4v) is 4.69. The van der Waals surface area contributed by atoms with Gasteiger partial charge in [0, 0.05) is 24.1 Å². The molecule has 1 aliphatic heterocycles. The minimum Gasteiger partial charge on any atom is -0.494 e. The second-order valence-electron chi connectivity index (χ2n) is 11.0. The Labute approximate surface area is 186 Å². The molecule has 1 saturated heterocycles. The summed E-state index contributed by atoms with van der Waals surface area (Å²) in [5.41, 5.74) is 2.82. The molecular formula is C26H38N2O3. The number of aromatic nitrogens is 1. The van der Waals surface area contributed by atoms with Gasteiger partial charge in [-0.3, -0.25) is 9.36 Å². The Kier molecular flexibility index (Phi) is 6.18. The van der Waals surface area contributed by atoms with Crippen LogP contribution in [0.15, 0.2) is 24.3 Å². The first-order valence-corrected chi connectivity index (χ1v) is 11.4. The highest BCUT2D eigenvalue weighted by Crippen LogP contribution is 2.50. The topological polar surface area (TPSA) is 65.7 Å². The normalized spacial score (nSPS) is 16.2. The molecule has 0 bridgehead atoms. The number of rotatable bonds is 5. The smallest absolute Gasteiger partial charge is 0.223 e. The van der Waals surface area contributed by atoms with Crippen LogP contribution in [-0.4, -0.2) is 32.1 Å². The Morgan fingerprint density at radius 2 is 1.61 bits per heavy atom. The van der Waals surface area contributed by atoms with Crippen molar-refractivity contribution < 1.29 is 15.0 Å². The van der Waals surface area contributed by atoms with Gasteiger partial charge >= 0.3 is 0 Å². The number of aryl methyl sites for hydroxylation is 1. The number of nitrogens with zero attached hydrogens (tertiary/aromatic N) is 2. The van der Waals surface area contributed by atoms with E-state index in [2.05, 4.69) is 27.7 Å². The Morgan fingerprint density at radius 1 is 1.00 bits per heavy atom. The molecule has 2 heterocycles. The van der Waals surface area contributed by atoms with Gasteiger partial charge in [-0.05, 0) is 47.8 Å². The number of likely N-dealkylation sites (tertiary alicyclic amines) is 1. The highest BCUT2D eigenvalue weighted by atomic mass is 16.3. The Balaban J connectivity index is 2.26. The first-order chi connectivity index (χ1) is 14.3. The summed E-state index contributed by atoms with van der Waals surface area (Å²) in [6.45, 7) is 15.3. The summed E-state index contributed by atoms with van der Waals surface area (Å²) in [6, 6.07) is 7.59. The van der Waals surface area contributed by atoms with Crippen molar-refractivity contribution in [1.29, 1.82) is 0 Å². The van der Waals surface area contributed by atoms with Crippen LogP contribution in [0.4, 0.5) is 0 Å². The summed E-state index contributed by atoms with van der Waals surface area (Å²) in [6.07, 6.45) is 2.99. The zero-order chi connectivity index (χ0) is 23.1. The largest absolute Gasteiger partial charge is 0.494 e. The minimum atomic E-state index is -0.412. The van der Waals surface area contributed by atoms with Crippen LogP contribution in [0.1, 0.15) is 90.5 Å². The van der Waals surface area contributed by atoms with Crippen LogP contribution in [0.3, 0.4) is 0 Å². The Morgan fingerprint density at radius 3 is 2.06 bits per heavy atom. The van der Waals surface area contributed by atoms with E-state index in [-0.39, 0.29) is 29.1 Å². The van der Waals surface area contributed by atoms with E-state index >= 15 is 0 Å². The molecule has 5 nitrogen and oxygen atoms in total. The lowest BCUT2D eigenvalue weighted by atomic mass is 9.79. The van der Waals surface area contributed by atoms with Crippen molar-refractivity contribution in [3.63, 3.8) is 0 Å². The van der Waals surface area contributed by atoms with Gasteiger partial charge in [-0.15, -0.1) is 0 Å². The zero-order valence-corrected chi connectivity index (χ0v) is 20.1. The van der Waals surface area contributed by atoms with Crippen molar-refractivity contribution in [2.24, 2.45) is 5.41 Å². The van der Waals surface area contributed by atoms with Crippen LogP contribution in [0.25, 0.3) is 5.69 Å². The van der Waals surface area contributed by atoms with E-state index in [1.54, 1.807) is 0 Å². The number of hydrogen-bond acceptors (Lipinski definition) is 3. The third-order valence-corrected chi connectivity index (χ3v) is 6.14. The summed E-state index contributed by atoms with van der Waals surface area (Å²) in [5.74, 6) is 0.198. The van der Waals surface area contributed by atoms with E-state index < -0.39 is 5.41 Å². The van der Waals surface area contributed by atoms with Gasteiger partial charge in [-0.25, -0.2) is 0 Å². The highest BCUT2D eigenvalue weighted by Gasteiger charge is 2.40. The molecule has 170 valence electrons. The molecular weight excluding hydrogens is 388 g/mol. The van der Waals surface area contributed by atoms with Crippen LogP contribution >= 0.6 is 0 Å². The van der Waals surface area contributed by atoms with E-state index in [0.29, 0.717) is 36.2 Å². The summed E-state index contributed by atoms with van der Waals surface area (Å²) in [4.78, 5) is 14.7. The molecule has 1 unspecified atom stereocenters. The summed E-state index contributed by atoms with van der Waals surface area (Å²) < 4.78 is 1.53. The third kappa shape index (κ3) is 4.60. The van der Waals surface area contributed by atoms with Crippen molar-refractivity contribution in [2.75, 3.05) is 6.54 Å². The van der Waals surface area contributed by atoms with Gasteiger partial charge in [0.15, 0.2) is 0 Å². The molecule has 0 radical (unpaired) electrons. The quantitative estimate of drug-likeness (QED) is 0.630. The van der Waals surface area contributed by atoms with Crippen molar-refractivity contribution in [1.82, 2.24) is 9.47 Å². The van der Waals surface area contributed by atoms with Gasteiger partial charge in [0.25, 0.3) is 0 Å². The first kappa shape index (κ1) is 23.2. The lowest BCUT2D eigenvalue weighted by Crippen LogP contribution is -2.33. The monoisotopic (exact) mass is 426 g/mol. The second-order valence-corrected chi connectivity index (χ2v) is 11.0. The van der Waals surface area contributed by atoms with E-state index in [1.807, 2.05) is 49.9 Å². The molecule has 1 fully saturated rings. The first-order valence-electron chi connectivity index (χ1n) is 11.4. The molecule has 3 rings (SSSR count). The van der Waals surface area contributed by atoms with E-state index in [4.69, 9.17) is 0 Å². The summed E-state index contributed by atoms with van der Waals surface area (Å²) in [5, 5.41) is 22.9. The van der Waals surface area contributed by atoms with E-state index in [9.17, 15) is 15.0 Å². The predicted molar refractivity (Wildman–Crippen MR) is 125 cm³/mol. The lowest BCUT2D eigenvalue weighted by Gasteiger charge is -2.35. The molecule has 1 aromatic heterocycles. The van der Waals surface area contributed by atoms with Crippen LogP contribution < -0.4 is 0 Å². The molecule has 0 saturated carbocycles. The SMILES string of the molecule is CCc1ccc(-n2c(O)c(C(CC(C)(C)C)N3CCCC3=O)c(C(C)(C)C)c2O)cc1. The summed E-state index contributed by atoms with van der Waals surface area (Å²) in [7, 11) is 0. The molecule has 31 heavy (non-hydrogen) atoms. The van der Waals surface area contributed by atoms with E-state index in [1.165, 1.54) is 10.1 Å². The Hall–Kier alpha value is -2.43. The van der Waals surface area contributed by atoms with Crippen LogP contribution in [-0.2, 0) is 16.6 Å². The lowest BCUT2D eigenvalue weighted by molar-refractivity contribution is -0.130. The molecule has 1 atom stereocenters. The van der Waals surface area contributed by atoms with Gasteiger partial charge in [-0.1, -0.05) is 60.6 Å². The molecule has 2 aromatic rings. The molecule has 0 aliphatic carbocycles. The third-order valence-electron chi connectivity index (χ3n) is 6.14. The molecule has 1 aromatic carbocycles. The van der Waals surface area contributed by atoms with Crippen LogP contribution in [0, 0.1) is 5.41 Å². The average Bonchev–Trinajstić information content (AvgIpc) is 3.19. The number of benzene rings is 1. The fourth-order valence-electron chi connectivity index (χ4n) is 4.69.